The number of hydrogen-bond donors (Lipinski definition) is 1. The number of nitrogens with zero attached hydrogens (tertiary/aromatic N) is 3. The van der Waals surface area contributed by atoms with E-state index in [4.69, 9.17) is 16.7 Å². The molecule has 0 amide bonds. The average molecular weight is 412 g/mol. The van der Waals surface area contributed by atoms with Crippen molar-refractivity contribution in [3.63, 3.8) is 0 Å². The molecule has 29 heavy (non-hydrogen) atoms. The Kier molecular flexibility index (Phi) is 5.52. The number of aryl methyl sites for hydroxylation is 2. The summed E-state index contributed by atoms with van der Waals surface area (Å²) in [5.41, 5.74) is 4.90. The summed E-state index contributed by atoms with van der Waals surface area (Å²) in [5, 5.41) is 20.2. The van der Waals surface area contributed by atoms with E-state index >= 15 is 0 Å². The van der Waals surface area contributed by atoms with Crippen LogP contribution in [0.5, 0.6) is 0 Å². The summed E-state index contributed by atoms with van der Waals surface area (Å²) in [6.07, 6.45) is 1.71. The molecule has 1 aromatic heterocycles. The number of carboxylic acid groups (broad SMARTS) is 1. The van der Waals surface area contributed by atoms with Gasteiger partial charge < -0.3 is 9.67 Å². The maximum atomic E-state index is 11.2. The Bertz CT molecular complexity index is 1160. The van der Waals surface area contributed by atoms with Crippen molar-refractivity contribution in [2.24, 2.45) is 4.99 Å². The Balaban J connectivity index is 1.96. The number of carbonyl (C=O) groups is 1. The third kappa shape index (κ3) is 4.05. The number of rotatable bonds is 5. The van der Waals surface area contributed by atoms with Crippen LogP contribution < -0.4 is 0 Å². The van der Waals surface area contributed by atoms with Crippen molar-refractivity contribution in [3.8, 4) is 5.69 Å². The van der Waals surface area contributed by atoms with Gasteiger partial charge >= 0.3 is 5.97 Å². The lowest BCUT2D eigenvalue weighted by Crippen LogP contribution is -2.02. The lowest BCUT2D eigenvalue weighted by atomic mass is 10.2. The number of aromatic carboxylic acids is 1. The second-order valence-electron chi connectivity index (χ2n) is 6.62. The number of nitro groups is 1. The van der Waals surface area contributed by atoms with Crippen LogP contribution in [0.2, 0.25) is 5.02 Å². The van der Waals surface area contributed by atoms with E-state index in [2.05, 4.69) is 4.99 Å². The van der Waals surface area contributed by atoms with Crippen LogP contribution in [0.1, 0.15) is 32.9 Å². The molecule has 0 aliphatic rings. The van der Waals surface area contributed by atoms with Gasteiger partial charge in [-0.2, -0.15) is 0 Å². The summed E-state index contributed by atoms with van der Waals surface area (Å²) in [5.74, 6) is -1.08. The number of aliphatic imine (C=N–C) groups is 1. The predicted octanol–water partition coefficient (Wildman–Crippen LogP) is 5.41. The van der Waals surface area contributed by atoms with Gasteiger partial charge in [-0.25, -0.2) is 4.79 Å². The minimum absolute atomic E-state index is 0.0290. The molecule has 0 saturated heterocycles. The average Bonchev–Trinajstić information content (AvgIpc) is 2.93. The summed E-state index contributed by atoms with van der Waals surface area (Å²) in [4.78, 5) is 26.1. The quantitative estimate of drug-likeness (QED) is 0.344. The first-order valence-corrected chi connectivity index (χ1v) is 9.08. The van der Waals surface area contributed by atoms with E-state index in [1.165, 1.54) is 18.2 Å². The first kappa shape index (κ1) is 20.3. The van der Waals surface area contributed by atoms with Crippen LogP contribution in [0, 0.1) is 30.9 Å². The maximum Gasteiger partial charge on any atom is 0.337 e. The zero-order valence-electron chi connectivity index (χ0n) is 16.0. The molecule has 3 aromatic rings. The number of hydrogen-bond acceptors (Lipinski definition) is 4. The zero-order valence-corrected chi connectivity index (χ0v) is 16.8. The molecular formula is C21H18ClN3O4. The maximum absolute atomic E-state index is 11.2. The first-order chi connectivity index (χ1) is 13.7. The molecule has 0 bridgehead atoms. The van der Waals surface area contributed by atoms with Gasteiger partial charge in [0.15, 0.2) is 0 Å². The number of aromatic nitrogens is 1. The van der Waals surface area contributed by atoms with Crippen LogP contribution in [0.3, 0.4) is 0 Å². The fourth-order valence-corrected chi connectivity index (χ4v) is 3.42. The number of nitro benzene ring substituents is 1. The molecule has 7 nitrogen and oxygen atoms in total. The second-order valence-corrected chi connectivity index (χ2v) is 7.02. The molecule has 0 saturated carbocycles. The summed E-state index contributed by atoms with van der Waals surface area (Å²) in [7, 11) is 0. The molecule has 0 unspecified atom stereocenters. The lowest BCUT2D eigenvalue weighted by molar-refractivity contribution is -0.384. The number of non-ortho nitro benzene ring substituents is 1. The molecule has 3 rings (SSSR count). The fraction of sp³-hybridized carbons (Fsp3) is 0.143. The highest BCUT2D eigenvalue weighted by atomic mass is 35.5. The highest BCUT2D eigenvalue weighted by molar-refractivity contribution is 6.33. The summed E-state index contributed by atoms with van der Waals surface area (Å²) in [6.45, 7) is 5.63. The van der Waals surface area contributed by atoms with E-state index in [1.807, 2.05) is 24.5 Å². The Morgan fingerprint density at radius 3 is 2.48 bits per heavy atom. The van der Waals surface area contributed by atoms with E-state index in [0.29, 0.717) is 11.3 Å². The van der Waals surface area contributed by atoms with E-state index in [-0.39, 0.29) is 16.3 Å². The van der Waals surface area contributed by atoms with Gasteiger partial charge in [0.1, 0.15) is 0 Å². The molecule has 2 aromatic carbocycles. The highest BCUT2D eigenvalue weighted by Gasteiger charge is 2.14. The van der Waals surface area contributed by atoms with Crippen LogP contribution in [0.15, 0.2) is 47.5 Å². The van der Waals surface area contributed by atoms with Crippen molar-refractivity contribution in [2.45, 2.75) is 20.8 Å². The van der Waals surface area contributed by atoms with Gasteiger partial charge in [-0.05, 0) is 56.7 Å². The van der Waals surface area contributed by atoms with Crippen LogP contribution in [-0.2, 0) is 0 Å². The standard InChI is InChI=1S/C21H18ClN3O4/c1-12-8-17(25(28)29)5-7-20(12)23-11-15-9-13(2)24(14(15)3)16-4-6-18(21(26)27)19(22)10-16/h4-11H,1-3H3,(H,26,27). The van der Waals surface area contributed by atoms with E-state index in [9.17, 15) is 14.9 Å². The van der Waals surface area contributed by atoms with Crippen molar-refractivity contribution in [1.29, 1.82) is 0 Å². The van der Waals surface area contributed by atoms with Crippen LogP contribution in [0.25, 0.3) is 5.69 Å². The van der Waals surface area contributed by atoms with E-state index < -0.39 is 10.9 Å². The predicted molar refractivity (Wildman–Crippen MR) is 112 cm³/mol. The van der Waals surface area contributed by atoms with Crippen molar-refractivity contribution >= 4 is 35.2 Å². The molecule has 0 aliphatic carbocycles. The van der Waals surface area contributed by atoms with Gasteiger partial charge in [-0.1, -0.05) is 11.6 Å². The summed E-state index contributed by atoms with van der Waals surface area (Å²) < 4.78 is 1.96. The largest absolute Gasteiger partial charge is 0.478 e. The van der Waals surface area contributed by atoms with Crippen molar-refractivity contribution in [2.75, 3.05) is 0 Å². The molecule has 1 N–H and O–H groups in total. The molecule has 1 heterocycles. The van der Waals surface area contributed by atoms with Crippen molar-refractivity contribution < 1.29 is 14.8 Å². The molecule has 0 atom stereocenters. The topological polar surface area (TPSA) is 97.7 Å². The smallest absolute Gasteiger partial charge is 0.337 e. The van der Waals surface area contributed by atoms with Gasteiger partial charge in [0, 0.05) is 41.0 Å². The SMILES string of the molecule is Cc1cc([N+](=O)[O-])ccc1N=Cc1cc(C)n(-c2ccc(C(=O)O)c(Cl)c2)c1C. The molecule has 0 aliphatic heterocycles. The van der Waals surface area contributed by atoms with Gasteiger partial charge in [0.2, 0.25) is 0 Å². The molecule has 0 radical (unpaired) electrons. The summed E-state index contributed by atoms with van der Waals surface area (Å²) >= 11 is 6.11. The Morgan fingerprint density at radius 1 is 1.17 bits per heavy atom. The van der Waals surface area contributed by atoms with Crippen LogP contribution in [-0.4, -0.2) is 26.8 Å². The van der Waals surface area contributed by atoms with Crippen molar-refractivity contribution in [3.05, 3.63) is 85.7 Å². The molecular weight excluding hydrogens is 394 g/mol. The Hall–Kier alpha value is -3.45. The van der Waals surface area contributed by atoms with Crippen LogP contribution in [0.4, 0.5) is 11.4 Å². The molecule has 0 spiro atoms. The Morgan fingerprint density at radius 2 is 1.90 bits per heavy atom. The zero-order chi connectivity index (χ0) is 21.3. The van der Waals surface area contributed by atoms with Gasteiger partial charge in [0.05, 0.1) is 21.2 Å². The Labute approximate surface area is 172 Å². The third-order valence-electron chi connectivity index (χ3n) is 4.65. The van der Waals surface area contributed by atoms with Gasteiger partial charge in [0.25, 0.3) is 5.69 Å². The third-order valence-corrected chi connectivity index (χ3v) is 4.96. The van der Waals surface area contributed by atoms with Gasteiger partial charge in [-0.3, -0.25) is 15.1 Å². The number of carboxylic acids is 1. The minimum atomic E-state index is -1.08. The van der Waals surface area contributed by atoms with E-state index in [0.717, 1.165) is 22.6 Å². The summed E-state index contributed by atoms with van der Waals surface area (Å²) in [6, 6.07) is 11.3. The van der Waals surface area contributed by atoms with Crippen molar-refractivity contribution in [1.82, 2.24) is 4.57 Å². The number of benzene rings is 2. The lowest BCUT2D eigenvalue weighted by Gasteiger charge is -2.11. The molecule has 8 heteroatoms. The normalized spacial score (nSPS) is 11.2. The highest BCUT2D eigenvalue weighted by Crippen LogP contribution is 2.27. The van der Waals surface area contributed by atoms with E-state index in [1.54, 1.807) is 31.3 Å². The van der Waals surface area contributed by atoms with Gasteiger partial charge in [-0.15, -0.1) is 0 Å². The minimum Gasteiger partial charge on any atom is -0.478 e. The molecule has 148 valence electrons. The van der Waals surface area contributed by atoms with Crippen LogP contribution >= 0.6 is 11.6 Å². The molecule has 0 fully saturated rings. The first-order valence-electron chi connectivity index (χ1n) is 8.70. The fourth-order valence-electron chi connectivity index (χ4n) is 3.17. The monoisotopic (exact) mass is 411 g/mol. The second kappa shape index (κ2) is 7.89. The number of halogens is 1.